The molecule has 2 heterocycles. The highest BCUT2D eigenvalue weighted by atomic mass is 32.2. The topological polar surface area (TPSA) is 108 Å². The molecule has 0 saturated heterocycles. The first-order chi connectivity index (χ1) is 15.4. The van der Waals surface area contributed by atoms with Crippen molar-refractivity contribution in [2.45, 2.75) is 4.90 Å². The smallest absolute Gasteiger partial charge is 0.243 e. The van der Waals surface area contributed by atoms with Crippen LogP contribution in [0, 0.1) is 11.6 Å². The average molecular weight is 461 g/mol. The van der Waals surface area contributed by atoms with E-state index in [1.54, 1.807) is 25.3 Å². The van der Waals surface area contributed by atoms with Gasteiger partial charge in [0.2, 0.25) is 15.9 Å². The van der Waals surface area contributed by atoms with E-state index >= 15 is 0 Å². The molecule has 0 atom stereocenters. The molecule has 1 N–H and O–H groups in total. The van der Waals surface area contributed by atoms with Crippen molar-refractivity contribution in [1.29, 1.82) is 0 Å². The summed E-state index contributed by atoms with van der Waals surface area (Å²) in [6, 6.07) is 12.6. The Bertz CT molecular complexity index is 1380. The van der Waals surface area contributed by atoms with Gasteiger partial charge in [-0.1, -0.05) is 12.1 Å². The Hall–Kier alpha value is -3.64. The van der Waals surface area contributed by atoms with E-state index in [-0.39, 0.29) is 19.0 Å². The Balaban J connectivity index is 1.47. The maximum Gasteiger partial charge on any atom is 0.243 e. The molecule has 4 aromatic rings. The van der Waals surface area contributed by atoms with Crippen molar-refractivity contribution in [3.05, 3.63) is 66.2 Å². The number of methoxy groups -OCH3 is 1. The SMILES string of the molecule is COc1ccccc1-c1nnc2ccc(OCCNS(=O)(=O)c3cc(F)ccc3F)nn12. The quantitative estimate of drug-likeness (QED) is 0.402. The molecule has 9 nitrogen and oxygen atoms in total. The van der Waals surface area contributed by atoms with E-state index in [2.05, 4.69) is 20.0 Å². The molecule has 0 aliphatic heterocycles. The Morgan fingerprint density at radius 1 is 1.06 bits per heavy atom. The minimum Gasteiger partial charge on any atom is -0.496 e. The van der Waals surface area contributed by atoms with Crippen molar-refractivity contribution in [2.24, 2.45) is 0 Å². The number of aromatic nitrogens is 4. The van der Waals surface area contributed by atoms with Gasteiger partial charge in [-0.3, -0.25) is 0 Å². The van der Waals surface area contributed by atoms with Gasteiger partial charge in [-0.25, -0.2) is 21.9 Å². The fourth-order valence-corrected chi connectivity index (χ4v) is 4.04. The summed E-state index contributed by atoms with van der Waals surface area (Å²) in [4.78, 5) is -0.775. The van der Waals surface area contributed by atoms with Crippen LogP contribution < -0.4 is 14.2 Å². The van der Waals surface area contributed by atoms with E-state index in [1.807, 2.05) is 18.2 Å². The van der Waals surface area contributed by atoms with E-state index < -0.39 is 26.6 Å². The Morgan fingerprint density at radius 2 is 1.88 bits per heavy atom. The lowest BCUT2D eigenvalue weighted by Gasteiger charge is -2.09. The van der Waals surface area contributed by atoms with Crippen molar-refractivity contribution in [3.63, 3.8) is 0 Å². The zero-order valence-corrected chi connectivity index (χ0v) is 17.5. The Morgan fingerprint density at radius 3 is 2.69 bits per heavy atom. The summed E-state index contributed by atoms with van der Waals surface area (Å²) in [5.41, 5.74) is 1.15. The van der Waals surface area contributed by atoms with Crippen LogP contribution >= 0.6 is 0 Å². The predicted octanol–water partition coefficient (Wildman–Crippen LogP) is 2.44. The number of rotatable bonds is 8. The summed E-state index contributed by atoms with van der Waals surface area (Å²) >= 11 is 0. The summed E-state index contributed by atoms with van der Waals surface area (Å²) in [6.07, 6.45) is 0. The summed E-state index contributed by atoms with van der Waals surface area (Å²) in [7, 11) is -2.71. The third-order valence-corrected chi connectivity index (χ3v) is 5.89. The molecule has 166 valence electrons. The highest BCUT2D eigenvalue weighted by molar-refractivity contribution is 7.89. The predicted molar refractivity (Wildman–Crippen MR) is 110 cm³/mol. The van der Waals surface area contributed by atoms with Crippen molar-refractivity contribution in [2.75, 3.05) is 20.3 Å². The third-order valence-electron chi connectivity index (χ3n) is 4.41. The van der Waals surface area contributed by atoms with E-state index in [4.69, 9.17) is 9.47 Å². The minimum atomic E-state index is -4.25. The van der Waals surface area contributed by atoms with Crippen molar-refractivity contribution < 1.29 is 26.7 Å². The van der Waals surface area contributed by atoms with E-state index in [0.29, 0.717) is 28.9 Å². The van der Waals surface area contributed by atoms with Gasteiger partial charge in [-0.15, -0.1) is 15.3 Å². The van der Waals surface area contributed by atoms with Crippen LogP contribution in [0.1, 0.15) is 0 Å². The number of benzene rings is 2. The molecule has 0 radical (unpaired) electrons. The molecule has 2 aromatic carbocycles. The lowest BCUT2D eigenvalue weighted by atomic mass is 10.2. The maximum atomic E-state index is 13.7. The Kier molecular flexibility index (Phi) is 5.97. The largest absolute Gasteiger partial charge is 0.496 e. The van der Waals surface area contributed by atoms with Crippen molar-refractivity contribution in [1.82, 2.24) is 24.5 Å². The second-order valence-electron chi connectivity index (χ2n) is 6.49. The van der Waals surface area contributed by atoms with E-state index in [0.717, 1.165) is 12.1 Å². The molecule has 0 fully saturated rings. The molecule has 0 aliphatic carbocycles. The molecular weight excluding hydrogens is 444 g/mol. The van der Waals surface area contributed by atoms with Gasteiger partial charge in [-0.2, -0.15) is 4.52 Å². The van der Waals surface area contributed by atoms with Crippen molar-refractivity contribution in [3.8, 4) is 23.0 Å². The standard InChI is InChI=1S/C20H17F2N5O4S/c1-30-16-5-3-2-4-14(16)20-25-24-18-8-9-19(26-27(18)20)31-11-10-23-32(28,29)17-12-13(21)6-7-15(17)22/h2-9,12,23H,10-11H2,1H3. The molecule has 0 amide bonds. The lowest BCUT2D eigenvalue weighted by Crippen LogP contribution is -2.29. The van der Waals surface area contributed by atoms with E-state index in [1.165, 1.54) is 4.52 Å². The van der Waals surface area contributed by atoms with Crippen LogP contribution in [0.5, 0.6) is 11.6 Å². The highest BCUT2D eigenvalue weighted by Crippen LogP contribution is 2.28. The average Bonchev–Trinajstić information content (AvgIpc) is 3.21. The van der Waals surface area contributed by atoms with Gasteiger partial charge in [0.25, 0.3) is 0 Å². The first-order valence-corrected chi connectivity index (χ1v) is 10.8. The Labute approximate surface area is 181 Å². The molecular formula is C20H17F2N5O4S. The van der Waals surface area contributed by atoms with E-state index in [9.17, 15) is 17.2 Å². The number of hydrogen-bond donors (Lipinski definition) is 1. The van der Waals surface area contributed by atoms with Gasteiger partial charge in [0.15, 0.2) is 11.5 Å². The molecule has 12 heteroatoms. The number of sulfonamides is 1. The number of ether oxygens (including phenoxy) is 2. The lowest BCUT2D eigenvalue weighted by molar-refractivity contribution is 0.305. The van der Waals surface area contributed by atoms with Gasteiger partial charge in [0.05, 0.1) is 12.7 Å². The summed E-state index contributed by atoms with van der Waals surface area (Å²) in [6.45, 7) is -0.305. The summed E-state index contributed by atoms with van der Waals surface area (Å²) in [5.74, 6) is -0.701. The molecule has 32 heavy (non-hydrogen) atoms. The molecule has 4 rings (SSSR count). The van der Waals surface area contributed by atoms with Gasteiger partial charge < -0.3 is 9.47 Å². The summed E-state index contributed by atoms with van der Waals surface area (Å²) < 4.78 is 65.9. The number of hydrogen-bond acceptors (Lipinski definition) is 7. The van der Waals surface area contributed by atoms with Crippen LogP contribution in [-0.4, -0.2) is 48.5 Å². The van der Waals surface area contributed by atoms with Gasteiger partial charge >= 0.3 is 0 Å². The van der Waals surface area contributed by atoms with Gasteiger partial charge in [0, 0.05) is 12.6 Å². The number of fused-ring (bicyclic) bond motifs is 1. The van der Waals surface area contributed by atoms with Crippen LogP contribution in [0.15, 0.2) is 59.5 Å². The maximum absolute atomic E-state index is 13.7. The normalized spacial score (nSPS) is 11.6. The zero-order valence-electron chi connectivity index (χ0n) is 16.7. The van der Waals surface area contributed by atoms with Gasteiger partial charge in [0.1, 0.15) is 28.9 Å². The fourth-order valence-electron chi connectivity index (χ4n) is 2.94. The number of halogens is 2. The van der Waals surface area contributed by atoms with Crippen LogP contribution in [0.4, 0.5) is 8.78 Å². The molecule has 0 bridgehead atoms. The van der Waals surface area contributed by atoms with Gasteiger partial charge in [-0.05, 0) is 36.4 Å². The monoisotopic (exact) mass is 461 g/mol. The van der Waals surface area contributed by atoms with Crippen LogP contribution in [0.3, 0.4) is 0 Å². The molecule has 2 aromatic heterocycles. The molecule has 0 saturated carbocycles. The zero-order chi connectivity index (χ0) is 22.7. The second kappa shape index (κ2) is 8.85. The van der Waals surface area contributed by atoms with Crippen molar-refractivity contribution >= 4 is 15.7 Å². The molecule has 0 spiro atoms. The molecule has 0 aliphatic rings. The number of nitrogens with one attached hydrogen (secondary N) is 1. The highest BCUT2D eigenvalue weighted by Gasteiger charge is 2.19. The number of para-hydroxylation sites is 1. The molecule has 0 unspecified atom stereocenters. The second-order valence-corrected chi connectivity index (χ2v) is 8.22. The first kappa shape index (κ1) is 21.6. The minimum absolute atomic E-state index is 0.110. The third kappa shape index (κ3) is 4.36. The summed E-state index contributed by atoms with van der Waals surface area (Å²) in [5, 5.41) is 12.6. The number of nitrogens with zero attached hydrogens (tertiary/aromatic N) is 4. The fraction of sp³-hybridized carbons (Fsp3) is 0.150. The van der Waals surface area contributed by atoms with Crippen LogP contribution in [0.25, 0.3) is 17.0 Å². The first-order valence-electron chi connectivity index (χ1n) is 9.32. The van der Waals surface area contributed by atoms with Crippen LogP contribution in [-0.2, 0) is 10.0 Å². The van der Waals surface area contributed by atoms with Crippen LogP contribution in [0.2, 0.25) is 0 Å².